The number of nitrogens with two attached hydrogens (primary N) is 1. The van der Waals surface area contributed by atoms with Crippen molar-refractivity contribution >= 4 is 51.1 Å². The smallest absolute Gasteiger partial charge is 0.412 e. The minimum atomic E-state index is -0.718. The number of carbonyl (C=O) groups is 2. The van der Waals surface area contributed by atoms with Gasteiger partial charge in [-0.1, -0.05) is 46.3 Å². The third-order valence-corrected chi connectivity index (χ3v) is 6.80. The molecule has 0 saturated carbocycles. The van der Waals surface area contributed by atoms with E-state index in [4.69, 9.17) is 10.5 Å². The fraction of sp³-hybridized carbons (Fsp3) is 0.174. The summed E-state index contributed by atoms with van der Waals surface area (Å²) < 4.78 is 6.39. The fourth-order valence-electron chi connectivity index (χ4n) is 3.37. The van der Waals surface area contributed by atoms with E-state index in [1.165, 1.54) is 16.7 Å². The van der Waals surface area contributed by atoms with Crippen molar-refractivity contribution < 1.29 is 14.3 Å². The van der Waals surface area contributed by atoms with E-state index >= 15 is 0 Å². The first-order valence-electron chi connectivity index (χ1n) is 9.89. The molecule has 0 radical (unpaired) electrons. The van der Waals surface area contributed by atoms with Gasteiger partial charge in [0.1, 0.15) is 18.0 Å². The molecule has 2 amide bonds. The summed E-state index contributed by atoms with van der Waals surface area (Å²) in [6, 6.07) is 17.6. The zero-order chi connectivity index (χ0) is 22.5. The van der Waals surface area contributed by atoms with Crippen molar-refractivity contribution in [3.63, 3.8) is 0 Å². The third-order valence-electron chi connectivity index (χ3n) is 4.98. The van der Waals surface area contributed by atoms with Crippen LogP contribution < -0.4 is 11.1 Å². The second kappa shape index (κ2) is 10.1. The summed E-state index contributed by atoms with van der Waals surface area (Å²) in [4.78, 5) is 31.9. The number of carbonyl (C=O) groups excluding carboxylic acids is 2. The van der Waals surface area contributed by atoms with Crippen LogP contribution in [-0.4, -0.2) is 33.7 Å². The van der Waals surface area contributed by atoms with Gasteiger partial charge in [-0.15, -0.1) is 11.8 Å². The molecule has 0 spiro atoms. The first-order valence-corrected chi connectivity index (χ1v) is 11.7. The summed E-state index contributed by atoms with van der Waals surface area (Å²) >= 11 is 4.86. The van der Waals surface area contributed by atoms with E-state index in [9.17, 15) is 9.59 Å². The summed E-state index contributed by atoms with van der Waals surface area (Å²) in [6.45, 7) is 0.123. The van der Waals surface area contributed by atoms with E-state index in [1.54, 1.807) is 30.6 Å². The number of benzene rings is 2. The Morgan fingerprint density at radius 3 is 2.62 bits per heavy atom. The number of ether oxygens (including phenoxy) is 1. The van der Waals surface area contributed by atoms with Crippen LogP contribution in [0, 0.1) is 0 Å². The van der Waals surface area contributed by atoms with Gasteiger partial charge in [0.15, 0.2) is 0 Å². The topological polar surface area (TPSA) is 97.5 Å². The number of aromatic nitrogens is 1. The molecule has 9 heteroatoms. The van der Waals surface area contributed by atoms with Crippen molar-refractivity contribution in [2.24, 2.45) is 0 Å². The van der Waals surface area contributed by atoms with Gasteiger partial charge >= 0.3 is 6.09 Å². The molecule has 32 heavy (non-hydrogen) atoms. The number of pyridine rings is 1. The Labute approximate surface area is 198 Å². The molecule has 1 saturated heterocycles. The van der Waals surface area contributed by atoms with E-state index in [0.29, 0.717) is 17.1 Å². The molecule has 2 aromatic carbocycles. The van der Waals surface area contributed by atoms with Crippen LogP contribution in [0.4, 0.5) is 16.2 Å². The first kappa shape index (κ1) is 22.2. The third kappa shape index (κ3) is 5.05. The predicted octanol–water partition coefficient (Wildman–Crippen LogP) is 4.82. The number of nitrogens with one attached hydrogen (secondary N) is 1. The maximum Gasteiger partial charge on any atom is 0.412 e. The van der Waals surface area contributed by atoms with Gasteiger partial charge in [0.05, 0.1) is 11.4 Å². The van der Waals surface area contributed by atoms with E-state index in [0.717, 1.165) is 15.6 Å². The Morgan fingerprint density at radius 2 is 1.91 bits per heavy atom. The van der Waals surface area contributed by atoms with Crippen LogP contribution in [0.5, 0.6) is 0 Å². The number of nitrogen functional groups attached to an aromatic ring is 1. The van der Waals surface area contributed by atoms with Crippen LogP contribution in [0.3, 0.4) is 0 Å². The Hall–Kier alpha value is -3.04. The zero-order valence-corrected chi connectivity index (χ0v) is 19.4. The van der Waals surface area contributed by atoms with E-state index in [2.05, 4.69) is 26.2 Å². The summed E-state index contributed by atoms with van der Waals surface area (Å²) in [5.41, 5.74) is 8.70. The SMILES string of the molecule is Nc1cc(Br)ccc1NC(=O)C1CSC(c2ccncc2)N1C(=O)OCc1ccccc1. The molecule has 2 unspecified atom stereocenters. The van der Waals surface area contributed by atoms with Crippen molar-refractivity contribution in [1.29, 1.82) is 0 Å². The van der Waals surface area contributed by atoms with Crippen molar-refractivity contribution in [1.82, 2.24) is 9.88 Å². The summed E-state index contributed by atoms with van der Waals surface area (Å²) in [7, 11) is 0. The number of rotatable bonds is 5. The largest absolute Gasteiger partial charge is 0.444 e. The molecule has 2 heterocycles. The Morgan fingerprint density at radius 1 is 1.16 bits per heavy atom. The highest BCUT2D eigenvalue weighted by molar-refractivity contribution is 9.10. The monoisotopic (exact) mass is 512 g/mol. The maximum atomic E-state index is 13.2. The molecular formula is C23H21BrN4O3S. The van der Waals surface area contributed by atoms with Crippen molar-refractivity contribution in [3.05, 3.63) is 88.7 Å². The summed E-state index contributed by atoms with van der Waals surface area (Å²) in [6.07, 6.45) is 2.78. The quantitative estimate of drug-likeness (QED) is 0.475. The number of amides is 2. The first-order chi connectivity index (χ1) is 15.5. The molecule has 164 valence electrons. The molecule has 1 aromatic heterocycles. The van der Waals surface area contributed by atoms with Crippen molar-refractivity contribution in [3.8, 4) is 0 Å². The second-order valence-corrected chi connectivity index (χ2v) is 9.18. The lowest BCUT2D eigenvalue weighted by Crippen LogP contribution is -2.45. The number of halogens is 1. The Kier molecular flexibility index (Phi) is 6.96. The molecular weight excluding hydrogens is 492 g/mol. The van der Waals surface area contributed by atoms with Crippen LogP contribution in [0.2, 0.25) is 0 Å². The minimum absolute atomic E-state index is 0.123. The van der Waals surface area contributed by atoms with Crippen molar-refractivity contribution in [2.75, 3.05) is 16.8 Å². The van der Waals surface area contributed by atoms with E-state index in [-0.39, 0.29) is 17.9 Å². The number of anilines is 2. The lowest BCUT2D eigenvalue weighted by molar-refractivity contribution is -0.120. The summed E-state index contributed by atoms with van der Waals surface area (Å²) in [5.74, 6) is 0.107. The minimum Gasteiger partial charge on any atom is -0.444 e. The van der Waals surface area contributed by atoms with Crippen LogP contribution in [0.1, 0.15) is 16.5 Å². The van der Waals surface area contributed by atoms with Gasteiger partial charge in [-0.05, 0) is 41.5 Å². The average molecular weight is 513 g/mol. The molecule has 4 rings (SSSR count). The van der Waals surface area contributed by atoms with Crippen LogP contribution in [0.25, 0.3) is 0 Å². The molecule has 2 atom stereocenters. The van der Waals surface area contributed by atoms with Gasteiger partial charge < -0.3 is 15.8 Å². The van der Waals surface area contributed by atoms with Crippen LogP contribution >= 0.6 is 27.7 Å². The van der Waals surface area contributed by atoms with E-state index in [1.807, 2.05) is 42.5 Å². The molecule has 3 aromatic rings. The van der Waals surface area contributed by atoms with Gasteiger partial charge in [0, 0.05) is 22.6 Å². The molecule has 0 aliphatic carbocycles. The highest BCUT2D eigenvalue weighted by Crippen LogP contribution is 2.42. The van der Waals surface area contributed by atoms with Crippen LogP contribution in [0.15, 0.2) is 77.5 Å². The second-order valence-electron chi connectivity index (χ2n) is 7.15. The van der Waals surface area contributed by atoms with Gasteiger partial charge in [-0.2, -0.15) is 0 Å². The summed E-state index contributed by atoms with van der Waals surface area (Å²) in [5, 5.41) is 2.49. The predicted molar refractivity (Wildman–Crippen MR) is 129 cm³/mol. The molecule has 7 nitrogen and oxygen atoms in total. The zero-order valence-electron chi connectivity index (χ0n) is 17.0. The Balaban J connectivity index is 1.55. The van der Waals surface area contributed by atoms with E-state index < -0.39 is 12.1 Å². The van der Waals surface area contributed by atoms with Crippen LogP contribution in [-0.2, 0) is 16.1 Å². The lowest BCUT2D eigenvalue weighted by atomic mass is 10.2. The molecule has 1 aliphatic heterocycles. The standard InChI is InChI=1S/C23H21BrN4O3S/c24-17-6-7-19(18(25)12-17)27-21(29)20-14-32-22(16-8-10-26-11-9-16)28(20)23(30)31-13-15-4-2-1-3-5-15/h1-12,20,22H,13-14,25H2,(H,27,29). The molecule has 1 fully saturated rings. The lowest BCUT2D eigenvalue weighted by Gasteiger charge is -2.28. The Bertz CT molecular complexity index is 1100. The van der Waals surface area contributed by atoms with Gasteiger partial charge in [-0.25, -0.2) is 4.79 Å². The number of hydrogen-bond donors (Lipinski definition) is 2. The molecule has 1 aliphatic rings. The number of thioether (sulfide) groups is 1. The van der Waals surface area contributed by atoms with Gasteiger partial charge in [-0.3, -0.25) is 14.7 Å². The maximum absolute atomic E-state index is 13.2. The van der Waals surface area contributed by atoms with Crippen molar-refractivity contribution in [2.45, 2.75) is 18.0 Å². The van der Waals surface area contributed by atoms with Gasteiger partial charge in [0.25, 0.3) is 0 Å². The van der Waals surface area contributed by atoms with Gasteiger partial charge in [0.2, 0.25) is 5.91 Å². The average Bonchev–Trinajstić information content (AvgIpc) is 3.26. The normalized spacial score (nSPS) is 17.7. The molecule has 0 bridgehead atoms. The highest BCUT2D eigenvalue weighted by atomic mass is 79.9. The highest BCUT2D eigenvalue weighted by Gasteiger charge is 2.43. The fourth-order valence-corrected chi connectivity index (χ4v) is 5.17. The molecule has 3 N–H and O–H groups in total. The number of nitrogens with zero attached hydrogens (tertiary/aromatic N) is 2. The number of hydrogen-bond acceptors (Lipinski definition) is 6.